The molecule has 3 N–H and O–H groups in total. The fraction of sp³-hybridized carbons (Fsp3) is 0.250. The highest BCUT2D eigenvalue weighted by atomic mass is 19.1. The van der Waals surface area contributed by atoms with E-state index < -0.39 is 22.6 Å². The van der Waals surface area contributed by atoms with Crippen molar-refractivity contribution in [3.8, 4) is 11.3 Å². The quantitative estimate of drug-likeness (QED) is 0.594. The van der Waals surface area contributed by atoms with Crippen LogP contribution in [0.25, 0.3) is 22.2 Å². The third-order valence-electron chi connectivity index (χ3n) is 5.70. The lowest BCUT2D eigenvalue weighted by molar-refractivity contribution is -0.000557. The first-order valence-corrected chi connectivity index (χ1v) is 9.36. The normalized spacial score (nSPS) is 23.1. The minimum Gasteiger partial charge on any atom is -0.354 e. The molecule has 1 aromatic heterocycles. The third-order valence-corrected chi connectivity index (χ3v) is 5.70. The summed E-state index contributed by atoms with van der Waals surface area (Å²) in [5.41, 5.74) is 4.16. The summed E-state index contributed by atoms with van der Waals surface area (Å²) in [6.07, 6.45) is 1.54. The molecule has 138 valence electrons. The molecule has 0 spiro atoms. The molecular formula is C20H15B3FN3O2. The number of carbonyl (C=O) groups excluding carboxylic acids is 1. The first-order valence-electron chi connectivity index (χ1n) is 9.36. The Morgan fingerprint density at radius 2 is 1.97 bits per heavy atom. The second kappa shape index (κ2) is 6.24. The van der Waals surface area contributed by atoms with Gasteiger partial charge in [0.25, 0.3) is 5.91 Å². The fourth-order valence-electron chi connectivity index (χ4n) is 4.31. The molecule has 9 heteroatoms. The summed E-state index contributed by atoms with van der Waals surface area (Å²) in [5, 5.41) is 1.89. The molecule has 29 heavy (non-hydrogen) atoms. The SMILES string of the molecule is [B]C1(c2ccc(-c3[nH]c4cccc5c4c3C([B])([B])ONC5=O)cc2F)CCCN1. The van der Waals surface area contributed by atoms with E-state index in [1.807, 2.05) is 0 Å². The molecule has 1 atom stereocenters. The van der Waals surface area contributed by atoms with Crippen molar-refractivity contribution in [1.29, 1.82) is 0 Å². The van der Waals surface area contributed by atoms with Crippen LogP contribution in [0.4, 0.5) is 4.39 Å². The molecule has 2 aliphatic heterocycles. The first-order chi connectivity index (χ1) is 13.8. The Labute approximate surface area is 171 Å². The van der Waals surface area contributed by atoms with Crippen LogP contribution in [-0.4, -0.2) is 41.0 Å². The summed E-state index contributed by atoms with van der Waals surface area (Å²) in [6.45, 7) is 0.744. The molecule has 0 saturated carbocycles. The van der Waals surface area contributed by atoms with Gasteiger partial charge in [-0.05, 0) is 43.1 Å². The average molecular weight is 381 g/mol. The molecule has 1 fully saturated rings. The number of aromatic amines is 1. The number of carbonyl (C=O) groups is 1. The Morgan fingerprint density at radius 3 is 2.69 bits per heavy atom. The molecule has 2 aliphatic rings. The van der Waals surface area contributed by atoms with Crippen LogP contribution in [0.15, 0.2) is 36.4 Å². The second-order valence-corrected chi connectivity index (χ2v) is 7.63. The van der Waals surface area contributed by atoms with Crippen LogP contribution >= 0.6 is 0 Å². The van der Waals surface area contributed by atoms with Crippen molar-refractivity contribution in [3.63, 3.8) is 0 Å². The molecule has 5 nitrogen and oxygen atoms in total. The smallest absolute Gasteiger partial charge is 0.275 e. The van der Waals surface area contributed by atoms with Crippen LogP contribution < -0.4 is 10.8 Å². The number of hydroxylamine groups is 1. The van der Waals surface area contributed by atoms with E-state index in [9.17, 15) is 4.79 Å². The zero-order valence-electron chi connectivity index (χ0n) is 15.5. The number of rotatable bonds is 2. The Balaban J connectivity index is 1.72. The lowest BCUT2D eigenvalue weighted by atomic mass is 9.60. The molecule has 3 aromatic rings. The van der Waals surface area contributed by atoms with Gasteiger partial charge in [-0.15, -0.1) is 0 Å². The van der Waals surface area contributed by atoms with E-state index in [1.165, 1.54) is 6.07 Å². The minimum absolute atomic E-state index is 0.367. The van der Waals surface area contributed by atoms with E-state index >= 15 is 4.39 Å². The van der Waals surface area contributed by atoms with Crippen LogP contribution in [0, 0.1) is 5.82 Å². The van der Waals surface area contributed by atoms with Crippen molar-refractivity contribution >= 4 is 40.3 Å². The average Bonchev–Trinajstić information content (AvgIpc) is 3.28. The molecule has 0 aliphatic carbocycles. The van der Waals surface area contributed by atoms with Crippen molar-refractivity contribution < 1.29 is 14.0 Å². The van der Waals surface area contributed by atoms with Crippen molar-refractivity contribution in [3.05, 3.63) is 58.9 Å². The Morgan fingerprint density at radius 1 is 1.14 bits per heavy atom. The van der Waals surface area contributed by atoms with Gasteiger partial charge in [0.15, 0.2) is 0 Å². The monoisotopic (exact) mass is 381 g/mol. The van der Waals surface area contributed by atoms with E-state index in [2.05, 4.69) is 15.8 Å². The van der Waals surface area contributed by atoms with Crippen LogP contribution in [0.3, 0.4) is 0 Å². The Kier molecular flexibility index (Phi) is 3.99. The van der Waals surface area contributed by atoms with Crippen LogP contribution in [0.2, 0.25) is 0 Å². The minimum atomic E-state index is -1.81. The van der Waals surface area contributed by atoms with Crippen molar-refractivity contribution in [2.75, 3.05) is 6.54 Å². The maximum absolute atomic E-state index is 15.1. The van der Waals surface area contributed by atoms with E-state index in [4.69, 9.17) is 28.4 Å². The predicted octanol–water partition coefficient (Wildman–Crippen LogP) is 1.80. The number of H-pyrrole nitrogens is 1. The number of hydrogen-bond donors (Lipinski definition) is 3. The summed E-state index contributed by atoms with van der Waals surface area (Å²) < 4.78 is 15.1. The standard InChI is InChI=1S/C20H15B3FN3O2/c21-19(7-2-8-25-19)12-6-5-10(9-13(12)24)17-16-15-11(3-1-4-14(15)26-17)18(28)27-29-20(16,22)23/h1,3-6,9,25-26H,2,7-8H2,(H,27,28). The van der Waals surface area contributed by atoms with Gasteiger partial charge >= 0.3 is 0 Å². The maximum Gasteiger partial charge on any atom is 0.275 e. The molecule has 0 bridgehead atoms. The van der Waals surface area contributed by atoms with E-state index in [-0.39, 0.29) is 0 Å². The highest BCUT2D eigenvalue weighted by Crippen LogP contribution is 2.40. The highest BCUT2D eigenvalue weighted by Gasteiger charge is 2.35. The van der Waals surface area contributed by atoms with Gasteiger partial charge in [0, 0.05) is 32.9 Å². The summed E-state index contributed by atoms with van der Waals surface area (Å²) >= 11 is 0. The van der Waals surface area contributed by atoms with Crippen LogP contribution in [-0.2, 0) is 15.7 Å². The topological polar surface area (TPSA) is 66.1 Å². The molecule has 1 saturated heterocycles. The lowest BCUT2D eigenvalue weighted by Gasteiger charge is -2.27. The van der Waals surface area contributed by atoms with Gasteiger partial charge in [-0.2, -0.15) is 0 Å². The van der Waals surface area contributed by atoms with E-state index in [0.717, 1.165) is 13.0 Å². The third kappa shape index (κ3) is 2.75. The van der Waals surface area contributed by atoms with E-state index in [0.29, 0.717) is 45.3 Å². The van der Waals surface area contributed by atoms with Gasteiger partial charge in [-0.25, -0.2) is 9.87 Å². The number of hydrogen-bond acceptors (Lipinski definition) is 3. The predicted molar refractivity (Wildman–Crippen MR) is 110 cm³/mol. The zero-order chi connectivity index (χ0) is 20.4. The van der Waals surface area contributed by atoms with Crippen molar-refractivity contribution in [2.45, 2.75) is 23.7 Å². The zero-order valence-corrected chi connectivity index (χ0v) is 15.5. The Bertz CT molecular complexity index is 1160. The summed E-state index contributed by atoms with van der Waals surface area (Å²) in [7, 11) is 18.7. The van der Waals surface area contributed by atoms with Crippen LogP contribution in [0.5, 0.6) is 0 Å². The van der Waals surface area contributed by atoms with Crippen molar-refractivity contribution in [1.82, 2.24) is 15.8 Å². The number of nitrogens with one attached hydrogen (secondary N) is 3. The molecule has 1 amide bonds. The molecule has 3 heterocycles. The maximum atomic E-state index is 15.1. The lowest BCUT2D eigenvalue weighted by Crippen LogP contribution is -2.38. The van der Waals surface area contributed by atoms with Gasteiger partial charge in [-0.3, -0.25) is 9.63 Å². The highest BCUT2D eigenvalue weighted by molar-refractivity contribution is 6.41. The molecular weight excluding hydrogens is 366 g/mol. The number of benzene rings is 2. The van der Waals surface area contributed by atoms with Gasteiger partial charge in [0.1, 0.15) is 29.4 Å². The number of halogens is 1. The molecule has 1 unspecified atom stereocenters. The van der Waals surface area contributed by atoms with Crippen LogP contribution in [0.1, 0.15) is 34.3 Å². The summed E-state index contributed by atoms with van der Waals surface area (Å²) in [5.74, 6) is -0.895. The summed E-state index contributed by atoms with van der Waals surface area (Å²) in [6, 6.07) is 9.98. The molecule has 5 rings (SSSR count). The van der Waals surface area contributed by atoms with Crippen molar-refractivity contribution in [2.24, 2.45) is 0 Å². The number of amides is 1. The fourth-order valence-corrected chi connectivity index (χ4v) is 4.31. The largest absolute Gasteiger partial charge is 0.354 e. The van der Waals surface area contributed by atoms with Gasteiger partial charge in [0.05, 0.1) is 11.3 Å². The van der Waals surface area contributed by atoms with Gasteiger partial charge in [-0.1, -0.05) is 18.2 Å². The van der Waals surface area contributed by atoms with Gasteiger partial charge in [0.2, 0.25) is 0 Å². The molecule has 2 aromatic carbocycles. The number of aromatic nitrogens is 1. The first kappa shape index (κ1) is 18.5. The Hall–Kier alpha value is -2.51. The van der Waals surface area contributed by atoms with Gasteiger partial charge < -0.3 is 10.3 Å². The van der Waals surface area contributed by atoms with E-state index in [1.54, 1.807) is 30.3 Å². The summed E-state index contributed by atoms with van der Waals surface area (Å²) in [4.78, 5) is 20.8. The second-order valence-electron chi connectivity index (χ2n) is 7.63. The molecule has 6 radical (unpaired) electrons.